The molecule has 9 heteroatoms. The maximum atomic E-state index is 9.76. The Labute approximate surface area is 179 Å². The van der Waals surface area contributed by atoms with E-state index in [4.69, 9.17) is 4.98 Å². The molecule has 1 saturated heterocycles. The average molecular weight is 419 g/mol. The minimum Gasteiger partial charge on any atom is -0.394 e. The van der Waals surface area contributed by atoms with Crippen LogP contribution in [0, 0.1) is 6.92 Å². The molecular formula is C22H25N7O2. The molecule has 1 aliphatic rings. The Bertz CT molecular complexity index is 1220. The van der Waals surface area contributed by atoms with Crippen molar-refractivity contribution in [2.45, 2.75) is 32.4 Å². The van der Waals surface area contributed by atoms with E-state index < -0.39 is 0 Å². The van der Waals surface area contributed by atoms with E-state index in [9.17, 15) is 10.2 Å². The number of aliphatic hydroxyl groups excluding tert-OH is 2. The summed E-state index contributed by atoms with van der Waals surface area (Å²) < 4.78 is 3.69. The first-order valence-electron chi connectivity index (χ1n) is 10.4. The van der Waals surface area contributed by atoms with Crippen molar-refractivity contribution >= 4 is 23.1 Å². The van der Waals surface area contributed by atoms with Gasteiger partial charge in [0.1, 0.15) is 11.8 Å². The number of aromatic nitrogens is 5. The zero-order chi connectivity index (χ0) is 21.4. The van der Waals surface area contributed by atoms with Crippen LogP contribution in [-0.4, -0.2) is 53.6 Å². The summed E-state index contributed by atoms with van der Waals surface area (Å²) in [6.07, 6.45) is 7.45. The van der Waals surface area contributed by atoms with Crippen LogP contribution in [-0.2, 0) is 6.61 Å². The van der Waals surface area contributed by atoms with Crippen molar-refractivity contribution in [3.05, 3.63) is 60.2 Å². The van der Waals surface area contributed by atoms with Crippen molar-refractivity contribution in [1.82, 2.24) is 24.1 Å². The summed E-state index contributed by atoms with van der Waals surface area (Å²) >= 11 is 0. The average Bonchev–Trinajstić information content (AvgIpc) is 3.52. The summed E-state index contributed by atoms with van der Waals surface area (Å²) in [5.41, 5.74) is 3.76. The fourth-order valence-corrected chi connectivity index (χ4v) is 4.21. The highest BCUT2D eigenvalue weighted by Crippen LogP contribution is 2.29. The quantitative estimate of drug-likeness (QED) is 0.441. The van der Waals surface area contributed by atoms with Crippen molar-refractivity contribution < 1.29 is 10.2 Å². The molecule has 31 heavy (non-hydrogen) atoms. The maximum absolute atomic E-state index is 9.76. The minimum atomic E-state index is -0.00663. The molecule has 9 nitrogen and oxygen atoms in total. The lowest BCUT2D eigenvalue weighted by molar-refractivity contribution is 0.266. The third-order valence-corrected chi connectivity index (χ3v) is 5.66. The van der Waals surface area contributed by atoms with Crippen molar-refractivity contribution in [1.29, 1.82) is 0 Å². The van der Waals surface area contributed by atoms with E-state index in [-0.39, 0.29) is 19.3 Å². The Morgan fingerprint density at radius 3 is 2.97 bits per heavy atom. The lowest BCUT2D eigenvalue weighted by Gasteiger charge is -2.25. The van der Waals surface area contributed by atoms with E-state index in [1.165, 1.54) is 0 Å². The second kappa shape index (κ2) is 8.01. The van der Waals surface area contributed by atoms with Gasteiger partial charge in [-0.05, 0) is 55.2 Å². The first-order chi connectivity index (χ1) is 15.1. The van der Waals surface area contributed by atoms with Gasteiger partial charge in [-0.3, -0.25) is 0 Å². The van der Waals surface area contributed by atoms with Gasteiger partial charge < -0.3 is 25.0 Å². The fourth-order valence-electron chi connectivity index (χ4n) is 4.21. The van der Waals surface area contributed by atoms with Gasteiger partial charge in [-0.2, -0.15) is 4.98 Å². The second-order valence-corrected chi connectivity index (χ2v) is 7.90. The smallest absolute Gasteiger partial charge is 0.248 e. The Morgan fingerprint density at radius 1 is 1.23 bits per heavy atom. The summed E-state index contributed by atoms with van der Waals surface area (Å²) in [5.74, 6) is 1.86. The Morgan fingerprint density at radius 2 is 2.13 bits per heavy atom. The summed E-state index contributed by atoms with van der Waals surface area (Å²) in [6.45, 7) is 2.96. The predicted molar refractivity (Wildman–Crippen MR) is 118 cm³/mol. The molecule has 0 radical (unpaired) electrons. The molecule has 4 aromatic rings. The molecule has 3 N–H and O–H groups in total. The highest BCUT2D eigenvalue weighted by Gasteiger charge is 2.27. The lowest BCUT2D eigenvalue weighted by Crippen LogP contribution is -2.33. The molecule has 1 aromatic carbocycles. The molecule has 0 saturated carbocycles. The number of nitrogens with zero attached hydrogens (tertiary/aromatic N) is 6. The van der Waals surface area contributed by atoms with Crippen molar-refractivity contribution in [3.8, 4) is 5.69 Å². The number of rotatable bonds is 6. The molecule has 0 spiro atoms. The maximum Gasteiger partial charge on any atom is 0.248 e. The van der Waals surface area contributed by atoms with Crippen LogP contribution in [0.15, 0.2) is 49.1 Å². The Kier molecular flexibility index (Phi) is 5.05. The third-order valence-electron chi connectivity index (χ3n) is 5.66. The van der Waals surface area contributed by atoms with E-state index >= 15 is 0 Å². The van der Waals surface area contributed by atoms with Crippen molar-refractivity contribution in [2.24, 2.45) is 0 Å². The van der Waals surface area contributed by atoms with Gasteiger partial charge >= 0.3 is 0 Å². The summed E-state index contributed by atoms with van der Waals surface area (Å²) in [5, 5.41) is 27.0. The van der Waals surface area contributed by atoms with Crippen molar-refractivity contribution in [2.75, 3.05) is 23.4 Å². The normalized spacial score (nSPS) is 16.4. The van der Waals surface area contributed by atoms with Crippen LogP contribution >= 0.6 is 0 Å². The van der Waals surface area contributed by atoms with E-state index in [0.717, 1.165) is 47.5 Å². The standard InChI is InChI=1S/C22H25N7O2/c1-15-8-16(12-30)10-18(9-15)27-11-20(23-14-27)24-22-25-21(19-5-3-7-29(19)26-22)28-6-2-4-17(28)13-31/h3,5,7-11,14,17,30-31H,2,4,6,12-13H2,1H3,(H,24,26)/t17-/m0/s1. The number of anilines is 3. The van der Waals surface area contributed by atoms with Crippen LogP contribution in [0.4, 0.5) is 17.6 Å². The zero-order valence-corrected chi connectivity index (χ0v) is 17.3. The van der Waals surface area contributed by atoms with Crippen molar-refractivity contribution in [3.63, 3.8) is 0 Å². The summed E-state index contributed by atoms with van der Waals surface area (Å²) in [7, 11) is 0. The first kappa shape index (κ1) is 19.5. The van der Waals surface area contributed by atoms with Gasteiger partial charge in [0.2, 0.25) is 5.95 Å². The fraction of sp³-hybridized carbons (Fsp3) is 0.318. The van der Waals surface area contributed by atoms with Gasteiger partial charge in [-0.15, -0.1) is 5.10 Å². The molecule has 160 valence electrons. The zero-order valence-electron chi connectivity index (χ0n) is 17.3. The van der Waals surface area contributed by atoms with Gasteiger partial charge in [0.05, 0.1) is 25.5 Å². The molecule has 3 aromatic heterocycles. The van der Waals surface area contributed by atoms with Crippen LogP contribution in [0.25, 0.3) is 11.2 Å². The van der Waals surface area contributed by atoms with Gasteiger partial charge in [0, 0.05) is 18.4 Å². The Hall–Kier alpha value is -3.43. The van der Waals surface area contributed by atoms with Crippen LogP contribution in [0.3, 0.4) is 0 Å². The van der Waals surface area contributed by atoms with Crippen LogP contribution < -0.4 is 10.2 Å². The van der Waals surface area contributed by atoms with Crippen LogP contribution in [0.1, 0.15) is 24.0 Å². The van der Waals surface area contributed by atoms with Gasteiger partial charge in [0.25, 0.3) is 0 Å². The largest absolute Gasteiger partial charge is 0.394 e. The predicted octanol–water partition coefficient (Wildman–Crippen LogP) is 2.42. The topological polar surface area (TPSA) is 104 Å². The molecule has 0 unspecified atom stereocenters. The molecule has 1 atom stereocenters. The molecule has 0 amide bonds. The SMILES string of the molecule is Cc1cc(CO)cc(-n2cnc(Nc3nc(N4CCC[C@H]4CO)c4cccn4n3)c2)c1. The lowest BCUT2D eigenvalue weighted by atomic mass is 10.1. The van der Waals surface area contributed by atoms with Gasteiger partial charge in [0.15, 0.2) is 11.6 Å². The second-order valence-electron chi connectivity index (χ2n) is 7.90. The monoisotopic (exact) mass is 419 g/mol. The van der Waals surface area contributed by atoms with Crippen LogP contribution in [0.2, 0.25) is 0 Å². The number of aliphatic hydroxyl groups is 2. The number of hydrogen-bond acceptors (Lipinski definition) is 7. The molecular weight excluding hydrogens is 394 g/mol. The number of hydrogen-bond donors (Lipinski definition) is 3. The van der Waals surface area contributed by atoms with E-state index in [0.29, 0.717) is 11.8 Å². The molecule has 0 bridgehead atoms. The van der Waals surface area contributed by atoms with Gasteiger partial charge in [-0.25, -0.2) is 9.50 Å². The molecule has 0 aliphatic carbocycles. The summed E-state index contributed by atoms with van der Waals surface area (Å²) in [6, 6.07) is 9.92. The number of benzene rings is 1. The van der Waals surface area contributed by atoms with E-state index in [1.807, 2.05) is 54.2 Å². The highest BCUT2D eigenvalue weighted by molar-refractivity contribution is 5.71. The van der Waals surface area contributed by atoms with Crippen LogP contribution in [0.5, 0.6) is 0 Å². The summed E-state index contributed by atoms with van der Waals surface area (Å²) in [4.78, 5) is 11.4. The molecule has 1 aliphatic heterocycles. The molecule has 5 rings (SSSR count). The number of nitrogens with one attached hydrogen (secondary N) is 1. The van der Waals surface area contributed by atoms with E-state index in [1.54, 1.807) is 10.8 Å². The third kappa shape index (κ3) is 3.73. The number of aryl methyl sites for hydroxylation is 1. The number of imidazole rings is 1. The molecule has 4 heterocycles. The van der Waals surface area contributed by atoms with Gasteiger partial charge in [-0.1, -0.05) is 6.07 Å². The Balaban J connectivity index is 1.46. The minimum absolute atomic E-state index is 0.00663. The van der Waals surface area contributed by atoms with E-state index in [2.05, 4.69) is 20.3 Å². The first-order valence-corrected chi connectivity index (χ1v) is 10.4. The highest BCUT2D eigenvalue weighted by atomic mass is 16.3. The molecule has 1 fully saturated rings. The number of fused-ring (bicyclic) bond motifs is 1.